The van der Waals surface area contributed by atoms with Crippen LogP contribution in [0.25, 0.3) is 27.5 Å². The SMILES string of the molecule is CC(C)(C=O)Cn1ncc2cc3c(cc21)c(I)c(C1CCOCC1)n3-c1ccc(F)cc1. The average molecular weight is 545 g/mol. The maximum atomic E-state index is 13.7. The Balaban J connectivity index is 1.75. The van der Waals surface area contributed by atoms with Gasteiger partial charge in [0.1, 0.15) is 12.1 Å². The van der Waals surface area contributed by atoms with E-state index in [1.807, 2.05) is 36.9 Å². The molecule has 166 valence electrons. The normalized spacial score (nSPS) is 15.6. The second-order valence-electron chi connectivity index (χ2n) is 9.23. The summed E-state index contributed by atoms with van der Waals surface area (Å²) < 4.78 is 24.7. The zero-order chi connectivity index (χ0) is 22.5. The Hall–Kier alpha value is -2.26. The first-order chi connectivity index (χ1) is 15.4. The summed E-state index contributed by atoms with van der Waals surface area (Å²) in [6.45, 7) is 5.87. The molecule has 0 spiro atoms. The van der Waals surface area contributed by atoms with E-state index >= 15 is 0 Å². The summed E-state index contributed by atoms with van der Waals surface area (Å²) in [4.78, 5) is 11.5. The molecule has 1 fully saturated rings. The molecule has 0 saturated carbocycles. The molecule has 1 aliphatic rings. The molecule has 3 heterocycles. The van der Waals surface area contributed by atoms with Crippen molar-refractivity contribution in [3.63, 3.8) is 0 Å². The minimum atomic E-state index is -0.492. The number of benzene rings is 2. The van der Waals surface area contributed by atoms with Crippen molar-refractivity contribution in [2.45, 2.75) is 39.2 Å². The highest BCUT2D eigenvalue weighted by Gasteiger charge is 2.27. The number of ether oxygens (including phenoxy) is 1. The molecule has 2 aromatic carbocycles. The summed E-state index contributed by atoms with van der Waals surface area (Å²) in [5, 5.41) is 6.74. The van der Waals surface area contributed by atoms with E-state index in [1.165, 1.54) is 21.4 Å². The van der Waals surface area contributed by atoms with E-state index in [-0.39, 0.29) is 5.82 Å². The highest BCUT2D eigenvalue weighted by Crippen LogP contribution is 2.40. The number of hydrogen-bond donors (Lipinski definition) is 0. The van der Waals surface area contributed by atoms with Crippen LogP contribution in [0.15, 0.2) is 42.6 Å². The number of carbonyl (C=O) groups is 1. The largest absolute Gasteiger partial charge is 0.381 e. The second-order valence-corrected chi connectivity index (χ2v) is 10.3. The van der Waals surface area contributed by atoms with Crippen LogP contribution in [-0.2, 0) is 16.1 Å². The Morgan fingerprint density at radius 3 is 2.59 bits per heavy atom. The van der Waals surface area contributed by atoms with Gasteiger partial charge >= 0.3 is 0 Å². The fraction of sp³-hybridized carbons (Fsp3) is 0.360. The summed E-state index contributed by atoms with van der Waals surface area (Å²) in [5.41, 5.74) is 3.82. The number of aldehydes is 1. The molecular weight excluding hydrogens is 520 g/mol. The van der Waals surface area contributed by atoms with Crippen molar-refractivity contribution in [2.75, 3.05) is 13.2 Å². The van der Waals surface area contributed by atoms with Gasteiger partial charge in [-0.25, -0.2) is 4.39 Å². The molecule has 0 radical (unpaired) electrons. The monoisotopic (exact) mass is 545 g/mol. The molecule has 32 heavy (non-hydrogen) atoms. The number of halogens is 2. The van der Waals surface area contributed by atoms with E-state index in [1.54, 1.807) is 0 Å². The van der Waals surface area contributed by atoms with Crippen LogP contribution in [0.1, 0.15) is 38.3 Å². The molecule has 7 heteroatoms. The summed E-state index contributed by atoms with van der Waals surface area (Å²) in [6, 6.07) is 11.1. The third-order valence-corrected chi connectivity index (χ3v) is 7.41. The lowest BCUT2D eigenvalue weighted by molar-refractivity contribution is -0.115. The molecule has 0 unspecified atom stereocenters. The Bertz CT molecular complexity index is 1300. The number of aromatic nitrogens is 3. The minimum absolute atomic E-state index is 0.242. The Labute approximate surface area is 199 Å². The molecule has 0 bridgehead atoms. The number of carbonyl (C=O) groups excluding carboxylic acids is 1. The summed E-state index contributed by atoms with van der Waals surface area (Å²) in [5.74, 6) is 0.135. The predicted octanol–water partition coefficient (Wildman–Crippen LogP) is 5.84. The molecule has 5 rings (SSSR count). The molecule has 0 N–H and O–H groups in total. The highest BCUT2D eigenvalue weighted by molar-refractivity contribution is 14.1. The third-order valence-electron chi connectivity index (χ3n) is 6.27. The van der Waals surface area contributed by atoms with Crippen molar-refractivity contribution in [2.24, 2.45) is 5.41 Å². The van der Waals surface area contributed by atoms with Crippen LogP contribution in [0.3, 0.4) is 0 Å². The van der Waals surface area contributed by atoms with Crippen molar-refractivity contribution in [1.29, 1.82) is 0 Å². The van der Waals surface area contributed by atoms with Gasteiger partial charge in [0.05, 0.1) is 23.8 Å². The quantitative estimate of drug-likeness (QED) is 0.234. The molecule has 0 amide bonds. The first-order valence-electron chi connectivity index (χ1n) is 10.9. The molecule has 0 atom stereocenters. The van der Waals surface area contributed by atoms with Crippen LogP contribution >= 0.6 is 22.6 Å². The van der Waals surface area contributed by atoms with E-state index in [9.17, 15) is 9.18 Å². The van der Waals surface area contributed by atoms with Crippen LogP contribution in [-0.4, -0.2) is 33.8 Å². The predicted molar refractivity (Wildman–Crippen MR) is 132 cm³/mol. The summed E-state index contributed by atoms with van der Waals surface area (Å²) in [6.07, 6.45) is 4.78. The van der Waals surface area contributed by atoms with Crippen LogP contribution in [0.2, 0.25) is 0 Å². The fourth-order valence-electron chi connectivity index (χ4n) is 4.59. The molecule has 1 aliphatic heterocycles. The van der Waals surface area contributed by atoms with Crippen LogP contribution in [0.5, 0.6) is 0 Å². The number of fused-ring (bicyclic) bond motifs is 2. The van der Waals surface area contributed by atoms with Gasteiger partial charge in [0.2, 0.25) is 0 Å². The van der Waals surface area contributed by atoms with E-state index < -0.39 is 5.41 Å². The Kier molecular flexibility index (Phi) is 5.57. The van der Waals surface area contributed by atoms with Gasteiger partial charge in [-0.2, -0.15) is 5.10 Å². The van der Waals surface area contributed by atoms with E-state index in [0.29, 0.717) is 12.5 Å². The lowest BCUT2D eigenvalue weighted by atomic mass is 9.96. The molecule has 2 aromatic heterocycles. The topological polar surface area (TPSA) is 49.1 Å². The zero-order valence-corrected chi connectivity index (χ0v) is 20.3. The van der Waals surface area contributed by atoms with Crippen molar-refractivity contribution < 1.29 is 13.9 Å². The van der Waals surface area contributed by atoms with Gasteiger partial charge in [-0.3, -0.25) is 4.68 Å². The van der Waals surface area contributed by atoms with Crippen molar-refractivity contribution in [3.05, 3.63) is 57.7 Å². The molecule has 1 saturated heterocycles. The highest BCUT2D eigenvalue weighted by atomic mass is 127. The molecule has 4 aromatic rings. The van der Waals surface area contributed by atoms with Gasteiger partial charge in [-0.15, -0.1) is 0 Å². The number of rotatable bonds is 5. The first-order valence-corrected chi connectivity index (χ1v) is 12.0. The van der Waals surface area contributed by atoms with Crippen molar-refractivity contribution >= 4 is 50.7 Å². The maximum Gasteiger partial charge on any atom is 0.127 e. The smallest absolute Gasteiger partial charge is 0.127 e. The van der Waals surface area contributed by atoms with Gasteiger partial charge in [0.15, 0.2) is 0 Å². The minimum Gasteiger partial charge on any atom is -0.381 e. The standard InChI is InChI=1S/C25H25FIN3O2/c1-25(2,15-31)14-29-21-12-20-22(11-17(21)13-28-29)30(19-5-3-18(26)4-6-19)24(23(20)27)16-7-9-32-10-8-16/h3-6,11-13,15-16H,7-10,14H2,1-2H3. The van der Waals surface area contributed by atoms with Gasteiger partial charge in [-0.1, -0.05) is 13.8 Å². The van der Waals surface area contributed by atoms with Crippen LogP contribution < -0.4 is 0 Å². The van der Waals surface area contributed by atoms with Crippen molar-refractivity contribution in [1.82, 2.24) is 14.3 Å². The van der Waals surface area contributed by atoms with E-state index in [0.717, 1.165) is 59.8 Å². The summed E-state index contributed by atoms with van der Waals surface area (Å²) >= 11 is 2.45. The van der Waals surface area contributed by atoms with Gasteiger partial charge in [-0.05, 0) is 71.8 Å². The first kappa shape index (κ1) is 21.6. The second kappa shape index (κ2) is 8.26. The lowest BCUT2D eigenvalue weighted by Gasteiger charge is -2.24. The maximum absolute atomic E-state index is 13.7. The molecule has 5 nitrogen and oxygen atoms in total. The van der Waals surface area contributed by atoms with Gasteiger partial charge < -0.3 is 14.1 Å². The van der Waals surface area contributed by atoms with Crippen molar-refractivity contribution in [3.8, 4) is 5.69 Å². The molecular formula is C25H25FIN3O2. The third kappa shape index (κ3) is 3.75. The number of nitrogens with zero attached hydrogens (tertiary/aromatic N) is 3. The Morgan fingerprint density at radius 2 is 1.91 bits per heavy atom. The lowest BCUT2D eigenvalue weighted by Crippen LogP contribution is -2.21. The van der Waals surface area contributed by atoms with Gasteiger partial charge in [0.25, 0.3) is 0 Å². The zero-order valence-electron chi connectivity index (χ0n) is 18.1. The Morgan fingerprint density at radius 1 is 1.19 bits per heavy atom. The average Bonchev–Trinajstić information content (AvgIpc) is 3.31. The van der Waals surface area contributed by atoms with Gasteiger partial charge in [0, 0.05) is 50.3 Å². The van der Waals surface area contributed by atoms with E-state index in [4.69, 9.17) is 4.74 Å². The van der Waals surface area contributed by atoms with E-state index in [2.05, 4.69) is 44.4 Å². The fourth-order valence-corrected chi connectivity index (χ4v) is 5.70. The van der Waals surface area contributed by atoms with Crippen LogP contribution in [0, 0.1) is 14.8 Å². The summed E-state index contributed by atoms with van der Waals surface area (Å²) in [7, 11) is 0. The molecule has 0 aliphatic carbocycles. The van der Waals surface area contributed by atoms with Crippen LogP contribution in [0.4, 0.5) is 4.39 Å². The number of hydrogen-bond acceptors (Lipinski definition) is 3.